The second kappa shape index (κ2) is 8.83. The monoisotopic (exact) mass is 413 g/mol. The van der Waals surface area contributed by atoms with Crippen LogP contribution in [0.15, 0.2) is 65.8 Å². The Bertz CT molecular complexity index is 746. The zero-order valence-corrected chi connectivity index (χ0v) is 19.2. The third kappa shape index (κ3) is 4.06. The lowest BCUT2D eigenvalue weighted by Crippen LogP contribution is -2.66. The molecule has 4 heteroatoms. The number of benzene rings is 2. The molecule has 0 aromatic heterocycles. The summed E-state index contributed by atoms with van der Waals surface area (Å²) in [4.78, 5) is 0. The lowest BCUT2D eigenvalue weighted by molar-refractivity contribution is 0.311. The molecule has 0 aliphatic heterocycles. The van der Waals surface area contributed by atoms with Crippen molar-refractivity contribution in [2.24, 2.45) is 11.1 Å². The molecule has 1 fully saturated rings. The largest absolute Gasteiger partial charge is 0.443 e. The minimum absolute atomic E-state index is 0.0167. The van der Waals surface area contributed by atoms with E-state index in [1.54, 1.807) is 0 Å². The average Bonchev–Trinajstić information content (AvgIpc) is 2.70. The SMILES string of the molecule is CC[C@@H]1CCC/C(=N\O[Si](c2ccccc2)(c2ccccc2)C(C)(C)C)[C@@H]1Cl. The molecule has 0 amide bonds. The summed E-state index contributed by atoms with van der Waals surface area (Å²) < 4.78 is 6.71. The van der Waals surface area contributed by atoms with Gasteiger partial charge in [0.25, 0.3) is 0 Å². The van der Waals surface area contributed by atoms with Gasteiger partial charge in [-0.15, -0.1) is 16.8 Å². The minimum atomic E-state index is -2.64. The van der Waals surface area contributed by atoms with Gasteiger partial charge in [0, 0.05) is 5.04 Å². The number of oxime groups is 1. The summed E-state index contributed by atoms with van der Waals surface area (Å²) in [5, 5.41) is 7.19. The highest BCUT2D eigenvalue weighted by Crippen LogP contribution is 2.37. The van der Waals surface area contributed by atoms with E-state index >= 15 is 0 Å². The van der Waals surface area contributed by atoms with Crippen LogP contribution >= 0.6 is 11.6 Å². The van der Waals surface area contributed by atoms with Crippen molar-refractivity contribution in [2.75, 3.05) is 0 Å². The maximum absolute atomic E-state index is 6.79. The van der Waals surface area contributed by atoms with Crippen molar-refractivity contribution >= 4 is 36.0 Å². The van der Waals surface area contributed by atoms with Gasteiger partial charge in [-0.2, -0.15) is 0 Å². The Morgan fingerprint density at radius 2 is 1.54 bits per heavy atom. The number of alkyl halides is 1. The maximum Gasteiger partial charge on any atom is 0.354 e. The highest BCUT2D eigenvalue weighted by molar-refractivity contribution is 6.99. The summed E-state index contributed by atoms with van der Waals surface area (Å²) in [5.41, 5.74) is 1.02. The fraction of sp³-hybridized carbons (Fsp3) is 0.458. The predicted molar refractivity (Wildman–Crippen MR) is 123 cm³/mol. The number of halogens is 1. The first-order chi connectivity index (χ1) is 13.4. The summed E-state index contributed by atoms with van der Waals surface area (Å²) in [7, 11) is -2.64. The van der Waals surface area contributed by atoms with Gasteiger partial charge in [-0.1, -0.05) is 94.8 Å². The third-order valence-corrected chi connectivity index (χ3v) is 11.4. The summed E-state index contributed by atoms with van der Waals surface area (Å²) >= 11 is 6.79. The molecule has 2 atom stereocenters. The van der Waals surface area contributed by atoms with Crippen LogP contribution in [-0.2, 0) is 4.53 Å². The van der Waals surface area contributed by atoms with Crippen molar-refractivity contribution < 1.29 is 4.53 Å². The standard InChI is InChI=1S/C24H32ClNOSi/c1-5-19-13-12-18-22(23(19)25)26-27-28(24(2,3)4,20-14-8-6-9-15-20)21-16-10-7-11-17-21/h6-11,14-17,19,23H,5,12-13,18H2,1-4H3/b26-22+/t19-,23-/m1/s1. The van der Waals surface area contributed by atoms with Crippen molar-refractivity contribution in [2.45, 2.75) is 63.8 Å². The van der Waals surface area contributed by atoms with Gasteiger partial charge in [-0.05, 0) is 35.6 Å². The van der Waals surface area contributed by atoms with Crippen molar-refractivity contribution in [1.82, 2.24) is 0 Å². The zero-order valence-electron chi connectivity index (χ0n) is 17.5. The quantitative estimate of drug-likeness (QED) is 0.348. The van der Waals surface area contributed by atoms with Gasteiger partial charge in [0.1, 0.15) is 0 Å². The van der Waals surface area contributed by atoms with Gasteiger partial charge in [-0.25, -0.2) is 0 Å². The van der Waals surface area contributed by atoms with Crippen molar-refractivity contribution in [3.05, 3.63) is 60.7 Å². The van der Waals surface area contributed by atoms with Gasteiger partial charge in [0.2, 0.25) is 0 Å². The molecule has 3 rings (SSSR count). The first-order valence-corrected chi connectivity index (χ1v) is 12.7. The van der Waals surface area contributed by atoms with E-state index in [0.29, 0.717) is 5.92 Å². The molecule has 1 aliphatic carbocycles. The Morgan fingerprint density at radius 1 is 1.00 bits per heavy atom. The molecule has 0 heterocycles. The van der Waals surface area contributed by atoms with E-state index in [4.69, 9.17) is 21.3 Å². The lowest BCUT2D eigenvalue weighted by atomic mass is 9.86. The summed E-state index contributed by atoms with van der Waals surface area (Å²) in [6, 6.07) is 21.3. The fourth-order valence-corrected chi connectivity index (χ4v) is 8.94. The topological polar surface area (TPSA) is 21.6 Å². The fourth-order valence-electron chi connectivity index (χ4n) is 4.36. The van der Waals surface area contributed by atoms with E-state index in [2.05, 4.69) is 88.4 Å². The molecule has 0 bridgehead atoms. The second-order valence-corrected chi connectivity index (χ2v) is 13.5. The van der Waals surface area contributed by atoms with Crippen LogP contribution in [0.3, 0.4) is 0 Å². The zero-order chi connectivity index (χ0) is 20.2. The van der Waals surface area contributed by atoms with Crippen molar-refractivity contribution in [3.8, 4) is 0 Å². The molecule has 2 aromatic rings. The molecule has 0 N–H and O–H groups in total. The molecule has 150 valence electrons. The predicted octanol–water partition coefficient (Wildman–Crippen LogP) is 5.74. The molecule has 1 aliphatic rings. The smallest absolute Gasteiger partial charge is 0.354 e. The van der Waals surface area contributed by atoms with Crippen LogP contribution in [0.1, 0.15) is 53.4 Å². The van der Waals surface area contributed by atoms with E-state index < -0.39 is 8.32 Å². The molecule has 0 radical (unpaired) electrons. The molecule has 0 unspecified atom stereocenters. The number of hydrogen-bond donors (Lipinski definition) is 0. The number of hydrogen-bond acceptors (Lipinski definition) is 2. The van der Waals surface area contributed by atoms with E-state index in [1.807, 2.05) is 0 Å². The second-order valence-electron chi connectivity index (χ2n) is 8.80. The van der Waals surface area contributed by atoms with E-state index in [1.165, 1.54) is 16.8 Å². The summed E-state index contributed by atoms with van der Waals surface area (Å²) in [5.74, 6) is 0.497. The molecule has 0 saturated heterocycles. The maximum atomic E-state index is 6.79. The first-order valence-electron chi connectivity index (χ1n) is 10.4. The van der Waals surface area contributed by atoms with Crippen LogP contribution in [0.5, 0.6) is 0 Å². The van der Waals surface area contributed by atoms with Crippen LogP contribution in [0.25, 0.3) is 0 Å². The molecule has 0 spiro atoms. The summed E-state index contributed by atoms with van der Waals surface area (Å²) in [6.45, 7) is 9.03. The van der Waals surface area contributed by atoms with Gasteiger partial charge < -0.3 is 4.53 Å². The van der Waals surface area contributed by atoms with Crippen molar-refractivity contribution in [3.63, 3.8) is 0 Å². The Hall–Kier alpha value is -1.58. The first kappa shape index (κ1) is 21.1. The Labute approximate surface area is 176 Å². The summed E-state index contributed by atoms with van der Waals surface area (Å²) in [6.07, 6.45) is 4.35. The van der Waals surface area contributed by atoms with E-state index in [0.717, 1.165) is 25.0 Å². The van der Waals surface area contributed by atoms with Gasteiger partial charge in [0.05, 0.1) is 11.1 Å². The van der Waals surface area contributed by atoms with Gasteiger partial charge in [0.15, 0.2) is 0 Å². The lowest BCUT2D eigenvalue weighted by Gasteiger charge is -2.40. The van der Waals surface area contributed by atoms with Gasteiger partial charge in [-0.3, -0.25) is 0 Å². The highest BCUT2D eigenvalue weighted by atomic mass is 35.5. The van der Waals surface area contributed by atoms with Crippen LogP contribution in [-0.4, -0.2) is 19.4 Å². The molecule has 28 heavy (non-hydrogen) atoms. The highest BCUT2D eigenvalue weighted by Gasteiger charge is 2.53. The van der Waals surface area contributed by atoms with Crippen LogP contribution in [0, 0.1) is 5.92 Å². The normalized spacial score (nSPS) is 22.2. The number of rotatable bonds is 5. The Balaban J connectivity index is 2.10. The third-order valence-electron chi connectivity index (χ3n) is 5.98. The Morgan fingerprint density at radius 3 is 2.00 bits per heavy atom. The molecule has 2 nitrogen and oxygen atoms in total. The van der Waals surface area contributed by atoms with E-state index in [-0.39, 0.29) is 10.4 Å². The number of nitrogens with zero attached hydrogens (tertiary/aromatic N) is 1. The average molecular weight is 414 g/mol. The van der Waals surface area contributed by atoms with Crippen LogP contribution in [0.2, 0.25) is 5.04 Å². The van der Waals surface area contributed by atoms with Crippen molar-refractivity contribution in [1.29, 1.82) is 0 Å². The molecular formula is C24H32ClNOSi. The molecule has 2 aromatic carbocycles. The van der Waals surface area contributed by atoms with Crippen LogP contribution < -0.4 is 10.4 Å². The minimum Gasteiger partial charge on any atom is -0.443 e. The van der Waals surface area contributed by atoms with Crippen LogP contribution in [0.4, 0.5) is 0 Å². The van der Waals surface area contributed by atoms with E-state index in [9.17, 15) is 0 Å². The Kier molecular flexibility index (Phi) is 6.67. The molecule has 1 saturated carbocycles. The molecular weight excluding hydrogens is 382 g/mol. The van der Waals surface area contributed by atoms with Gasteiger partial charge >= 0.3 is 8.32 Å².